The second kappa shape index (κ2) is 5.47. The van der Waals surface area contributed by atoms with Gasteiger partial charge in [0.25, 0.3) is 0 Å². The van der Waals surface area contributed by atoms with Crippen LogP contribution in [-0.4, -0.2) is 0 Å². The van der Waals surface area contributed by atoms with Gasteiger partial charge in [-0.2, -0.15) is 0 Å². The molecule has 0 nitrogen and oxygen atoms in total. The van der Waals surface area contributed by atoms with E-state index in [1.54, 1.807) is 0 Å². The van der Waals surface area contributed by atoms with Crippen molar-refractivity contribution in [3.8, 4) is 0 Å². The number of rotatable bonds is 0. The first-order chi connectivity index (χ1) is 1.73. The van der Waals surface area contributed by atoms with Crippen molar-refractivity contribution < 1.29 is 18.4 Å². The average Bonchev–Trinajstić information content (AvgIpc) is 0.811. The van der Waals surface area contributed by atoms with Crippen LogP contribution in [0.4, 0.5) is 0 Å². The second-order valence-corrected chi connectivity index (χ2v) is 5.35. The second-order valence-electron chi connectivity index (χ2n) is 0.905. The Balaban J connectivity index is 0. The van der Waals surface area contributed by atoms with E-state index in [0.29, 0.717) is 0 Å². The van der Waals surface area contributed by atoms with Crippen molar-refractivity contribution in [1.82, 2.24) is 0 Å². The van der Waals surface area contributed by atoms with Crippen molar-refractivity contribution in [3.05, 3.63) is 0 Å². The Morgan fingerprint density at radius 1 is 1.00 bits per heavy atom. The van der Waals surface area contributed by atoms with Crippen molar-refractivity contribution in [2.75, 3.05) is 0 Å². The van der Waals surface area contributed by atoms with Crippen LogP contribution in [0.1, 0.15) is 0 Å². The number of hydrogen-bond acceptors (Lipinski definition) is 0. The van der Waals surface area contributed by atoms with Crippen LogP contribution in [0, 0.1) is 0 Å². The predicted molar refractivity (Wildman–Crippen MR) is 33.0 cm³/mol. The Morgan fingerprint density at radius 2 is 1.00 bits per heavy atom. The summed E-state index contributed by atoms with van der Waals surface area (Å²) in [6.45, 7) is 0. The fourth-order valence-corrected chi connectivity index (χ4v) is 0. The third-order valence-corrected chi connectivity index (χ3v) is 0. The van der Waals surface area contributed by atoms with Crippen LogP contribution in [0.25, 0.3) is 0 Å². The molecule has 0 N–H and O–H groups in total. The van der Waals surface area contributed by atoms with E-state index in [1.807, 2.05) is 0 Å². The maximum atomic E-state index is 2.27. The SMILES string of the molecule is I.[CH3][Ag]([CH3])[CH3]. The first kappa shape index (κ1) is 9.69. The summed E-state index contributed by atoms with van der Waals surface area (Å²) in [6, 6.07) is 0. The topological polar surface area (TPSA) is 0 Å². The fourth-order valence-electron chi connectivity index (χ4n) is 0. The zero-order valence-electron chi connectivity index (χ0n) is 3.71. The van der Waals surface area contributed by atoms with Gasteiger partial charge in [-0.3, -0.25) is 0 Å². The molecule has 0 fully saturated rings. The Kier molecular flexibility index (Phi) is 10.6. The molecule has 0 aliphatic rings. The van der Waals surface area contributed by atoms with Gasteiger partial charge >= 0.3 is 33.9 Å². The van der Waals surface area contributed by atoms with Gasteiger partial charge < -0.3 is 0 Å². The first-order valence-electron chi connectivity index (χ1n) is 0.905. The van der Waals surface area contributed by atoms with Gasteiger partial charge in [-0.15, -0.1) is 24.0 Å². The molecule has 0 unspecified atom stereocenters. The molecular weight excluding hydrogens is 271 g/mol. The van der Waals surface area contributed by atoms with Crippen molar-refractivity contribution in [1.29, 1.82) is 0 Å². The van der Waals surface area contributed by atoms with Crippen LogP contribution in [0.3, 0.4) is 0 Å². The van der Waals surface area contributed by atoms with Crippen LogP contribution in [0.15, 0.2) is 0 Å². The van der Waals surface area contributed by atoms with E-state index < -0.39 is 0 Å². The van der Waals surface area contributed by atoms with Gasteiger partial charge in [0.2, 0.25) is 0 Å². The van der Waals surface area contributed by atoms with Crippen LogP contribution >= 0.6 is 24.0 Å². The molecule has 5 heavy (non-hydrogen) atoms. The summed E-state index contributed by atoms with van der Waals surface area (Å²) < 4.78 is 0. The summed E-state index contributed by atoms with van der Waals surface area (Å²) >= 11 is 0.110. The van der Waals surface area contributed by atoms with Crippen molar-refractivity contribution >= 4 is 24.0 Å². The summed E-state index contributed by atoms with van der Waals surface area (Å²) in [5, 5.41) is 6.81. The molecular formula is C3H10AgI. The Morgan fingerprint density at radius 3 is 1.00 bits per heavy atom. The summed E-state index contributed by atoms with van der Waals surface area (Å²) in [4.78, 5) is 0. The van der Waals surface area contributed by atoms with E-state index in [0.717, 1.165) is 0 Å². The molecule has 0 aromatic heterocycles. The molecule has 0 amide bonds. The summed E-state index contributed by atoms with van der Waals surface area (Å²) in [5.41, 5.74) is 0. The predicted octanol–water partition coefficient (Wildman–Crippen LogP) is 2.37. The molecule has 0 rings (SSSR count). The summed E-state index contributed by atoms with van der Waals surface area (Å²) in [5.74, 6) is 0. The van der Waals surface area contributed by atoms with Crippen LogP contribution in [0.5, 0.6) is 0 Å². The average molecular weight is 281 g/mol. The maximum absolute atomic E-state index is 2.27. The number of halogens is 1. The van der Waals surface area contributed by atoms with Crippen LogP contribution < -0.4 is 0 Å². The molecule has 0 saturated heterocycles. The van der Waals surface area contributed by atoms with E-state index in [1.165, 1.54) is 0 Å². The summed E-state index contributed by atoms with van der Waals surface area (Å²) in [6.07, 6.45) is 0. The molecule has 0 radical (unpaired) electrons. The Hall–Kier alpha value is 1.47. The third kappa shape index (κ3) is 30.5. The van der Waals surface area contributed by atoms with Gasteiger partial charge in [0.1, 0.15) is 0 Å². The van der Waals surface area contributed by atoms with E-state index in [-0.39, 0.29) is 42.4 Å². The zero-order valence-corrected chi connectivity index (χ0v) is 7.52. The van der Waals surface area contributed by atoms with Gasteiger partial charge in [0.05, 0.1) is 0 Å². The van der Waals surface area contributed by atoms with Crippen molar-refractivity contribution in [2.45, 2.75) is 15.4 Å². The molecule has 0 aliphatic heterocycles. The van der Waals surface area contributed by atoms with Crippen LogP contribution in [-0.2, 0) is 18.4 Å². The van der Waals surface area contributed by atoms with Crippen LogP contribution in [0.2, 0.25) is 15.4 Å². The normalized spacial score (nSPS) is 9.00. The van der Waals surface area contributed by atoms with E-state index in [4.69, 9.17) is 0 Å². The Bertz CT molecular complexity index is 11.6. The third-order valence-electron chi connectivity index (χ3n) is 0. The Labute approximate surface area is 57.5 Å². The first-order valence-corrected chi connectivity index (χ1v) is 5.35. The molecule has 0 saturated carbocycles. The minimum absolute atomic E-state index is 0. The van der Waals surface area contributed by atoms with Gasteiger partial charge in [0, 0.05) is 0 Å². The van der Waals surface area contributed by atoms with E-state index in [9.17, 15) is 0 Å². The molecule has 0 bridgehead atoms. The molecule has 40 valence electrons. The fraction of sp³-hybridized carbons (Fsp3) is 1.00. The molecule has 0 aromatic rings. The molecule has 0 atom stereocenters. The monoisotopic (exact) mass is 280 g/mol. The quantitative estimate of drug-likeness (QED) is 0.472. The van der Waals surface area contributed by atoms with Crippen molar-refractivity contribution in [2.24, 2.45) is 0 Å². The molecule has 0 heterocycles. The molecule has 0 spiro atoms. The molecule has 0 aromatic carbocycles. The van der Waals surface area contributed by atoms with E-state index >= 15 is 0 Å². The summed E-state index contributed by atoms with van der Waals surface area (Å²) in [7, 11) is 0. The zero-order chi connectivity index (χ0) is 3.58. The molecule has 2 heteroatoms. The minimum atomic E-state index is 0. The van der Waals surface area contributed by atoms with Gasteiger partial charge in [-0.25, -0.2) is 0 Å². The van der Waals surface area contributed by atoms with Crippen molar-refractivity contribution in [3.63, 3.8) is 0 Å². The van der Waals surface area contributed by atoms with Gasteiger partial charge in [0.15, 0.2) is 0 Å². The standard InChI is InChI=1S/3CH3.Ag.HI/h3*1H3;;1H. The van der Waals surface area contributed by atoms with E-state index in [2.05, 4.69) is 15.4 Å². The van der Waals surface area contributed by atoms with Gasteiger partial charge in [-0.1, -0.05) is 0 Å². The van der Waals surface area contributed by atoms with Gasteiger partial charge in [-0.05, 0) is 0 Å². The number of hydrogen-bond donors (Lipinski definition) is 0. The molecule has 0 aliphatic carbocycles.